The lowest BCUT2D eigenvalue weighted by Crippen LogP contribution is -2.50. The van der Waals surface area contributed by atoms with Crippen LogP contribution in [-0.4, -0.2) is 34.1 Å². The second-order valence-electron chi connectivity index (χ2n) is 5.85. The molecule has 114 valence electrons. The number of carbonyl (C=O) groups excluding carboxylic acids is 1. The van der Waals surface area contributed by atoms with Gasteiger partial charge >= 0.3 is 12.0 Å². The second kappa shape index (κ2) is 5.79. The zero-order valence-corrected chi connectivity index (χ0v) is 11.8. The van der Waals surface area contributed by atoms with Crippen molar-refractivity contribution in [3.8, 4) is 0 Å². The van der Waals surface area contributed by atoms with Crippen molar-refractivity contribution < 1.29 is 19.1 Å². The second-order valence-corrected chi connectivity index (χ2v) is 5.85. The molecule has 3 unspecified atom stereocenters. The fourth-order valence-electron chi connectivity index (χ4n) is 3.64. The SMILES string of the molecule is O=C(O)C1CC2CCCCC2N1C(=O)NCc1ccco1. The van der Waals surface area contributed by atoms with E-state index >= 15 is 0 Å². The molecule has 1 saturated carbocycles. The van der Waals surface area contributed by atoms with Crippen LogP contribution in [0.25, 0.3) is 0 Å². The number of amides is 2. The number of likely N-dealkylation sites (tertiary alicyclic amines) is 1. The number of aliphatic carboxylic acids is 1. The lowest BCUT2D eigenvalue weighted by atomic mass is 9.85. The van der Waals surface area contributed by atoms with E-state index in [4.69, 9.17) is 4.42 Å². The molecule has 2 N–H and O–H groups in total. The molecule has 0 aromatic carbocycles. The fourth-order valence-corrected chi connectivity index (χ4v) is 3.64. The maximum atomic E-state index is 12.4. The number of carbonyl (C=O) groups is 2. The Hall–Kier alpha value is -1.98. The molecule has 2 aliphatic rings. The maximum Gasteiger partial charge on any atom is 0.326 e. The van der Waals surface area contributed by atoms with Gasteiger partial charge in [-0.05, 0) is 37.3 Å². The first kappa shape index (κ1) is 14.0. The molecular weight excluding hydrogens is 272 g/mol. The molecule has 6 heteroatoms. The quantitative estimate of drug-likeness (QED) is 0.894. The minimum absolute atomic E-state index is 0.0662. The average molecular weight is 292 g/mol. The van der Waals surface area contributed by atoms with Crippen LogP contribution in [0, 0.1) is 5.92 Å². The minimum atomic E-state index is -0.905. The first-order valence-corrected chi connectivity index (χ1v) is 7.48. The number of rotatable bonds is 3. The average Bonchev–Trinajstić information content (AvgIpc) is 3.11. The largest absolute Gasteiger partial charge is 0.480 e. The van der Waals surface area contributed by atoms with E-state index < -0.39 is 12.0 Å². The molecule has 0 radical (unpaired) electrons. The van der Waals surface area contributed by atoms with Gasteiger partial charge in [0, 0.05) is 6.04 Å². The number of fused-ring (bicyclic) bond motifs is 1. The first-order chi connectivity index (χ1) is 10.2. The summed E-state index contributed by atoms with van der Waals surface area (Å²) in [5.74, 6) is 0.0846. The summed E-state index contributed by atoms with van der Waals surface area (Å²) in [5.41, 5.74) is 0. The van der Waals surface area contributed by atoms with Gasteiger partial charge in [0.05, 0.1) is 12.8 Å². The van der Waals surface area contributed by atoms with Crippen LogP contribution in [-0.2, 0) is 11.3 Å². The molecule has 6 nitrogen and oxygen atoms in total. The van der Waals surface area contributed by atoms with E-state index in [2.05, 4.69) is 5.32 Å². The Balaban J connectivity index is 1.70. The number of hydrogen-bond acceptors (Lipinski definition) is 3. The third kappa shape index (κ3) is 2.75. The Kier molecular flexibility index (Phi) is 3.86. The number of furan rings is 1. The van der Waals surface area contributed by atoms with Crippen LogP contribution in [0.5, 0.6) is 0 Å². The highest BCUT2D eigenvalue weighted by molar-refractivity contribution is 5.83. The number of urea groups is 1. The van der Waals surface area contributed by atoms with Gasteiger partial charge in [-0.1, -0.05) is 12.8 Å². The summed E-state index contributed by atoms with van der Waals surface area (Å²) in [6, 6.07) is 2.61. The summed E-state index contributed by atoms with van der Waals surface area (Å²) < 4.78 is 5.18. The third-order valence-corrected chi connectivity index (χ3v) is 4.60. The normalized spacial score (nSPS) is 28.2. The van der Waals surface area contributed by atoms with E-state index in [0.29, 0.717) is 18.1 Å². The Labute approximate surface area is 123 Å². The summed E-state index contributed by atoms with van der Waals surface area (Å²) in [5, 5.41) is 12.2. The van der Waals surface area contributed by atoms with E-state index in [1.54, 1.807) is 23.3 Å². The molecule has 1 aromatic heterocycles. The van der Waals surface area contributed by atoms with Gasteiger partial charge in [0.25, 0.3) is 0 Å². The van der Waals surface area contributed by atoms with Crippen LogP contribution in [0.2, 0.25) is 0 Å². The zero-order valence-electron chi connectivity index (χ0n) is 11.8. The van der Waals surface area contributed by atoms with Gasteiger partial charge in [-0.2, -0.15) is 0 Å². The summed E-state index contributed by atoms with van der Waals surface area (Å²) >= 11 is 0. The number of hydrogen-bond donors (Lipinski definition) is 2. The first-order valence-electron chi connectivity index (χ1n) is 7.48. The van der Waals surface area contributed by atoms with Crippen molar-refractivity contribution in [2.24, 2.45) is 5.92 Å². The molecule has 0 spiro atoms. The molecule has 1 saturated heterocycles. The molecule has 1 aromatic rings. The number of carboxylic acids is 1. The molecule has 3 atom stereocenters. The summed E-state index contributed by atoms with van der Waals surface area (Å²) in [7, 11) is 0. The van der Waals surface area contributed by atoms with E-state index in [0.717, 1.165) is 25.7 Å². The van der Waals surface area contributed by atoms with Gasteiger partial charge in [0.2, 0.25) is 0 Å². The summed E-state index contributed by atoms with van der Waals surface area (Å²) in [4.78, 5) is 25.4. The number of nitrogens with zero attached hydrogens (tertiary/aromatic N) is 1. The van der Waals surface area contributed by atoms with Crippen molar-refractivity contribution in [2.45, 2.75) is 50.7 Å². The van der Waals surface area contributed by atoms with Gasteiger partial charge in [0.1, 0.15) is 11.8 Å². The Morgan fingerprint density at radius 2 is 2.19 bits per heavy atom. The Bertz CT molecular complexity index is 514. The lowest BCUT2D eigenvalue weighted by molar-refractivity contribution is -0.141. The fraction of sp³-hybridized carbons (Fsp3) is 0.600. The molecule has 2 heterocycles. The highest BCUT2D eigenvalue weighted by Gasteiger charge is 2.47. The summed E-state index contributed by atoms with van der Waals surface area (Å²) in [6.07, 6.45) is 6.26. The van der Waals surface area contributed by atoms with Crippen LogP contribution in [0.3, 0.4) is 0 Å². The molecular formula is C15H20N2O4. The third-order valence-electron chi connectivity index (χ3n) is 4.60. The predicted molar refractivity (Wildman–Crippen MR) is 74.6 cm³/mol. The predicted octanol–water partition coefficient (Wildman–Crippen LogP) is 2.21. The standard InChI is InChI=1S/C15H20N2O4/c18-14(19)13-8-10-4-1-2-6-12(10)17(13)15(20)16-9-11-5-3-7-21-11/h3,5,7,10,12-13H,1-2,4,6,8-9H2,(H,16,20)(H,18,19). The highest BCUT2D eigenvalue weighted by Crippen LogP contribution is 2.39. The van der Waals surface area contributed by atoms with Crippen molar-refractivity contribution in [3.63, 3.8) is 0 Å². The molecule has 21 heavy (non-hydrogen) atoms. The van der Waals surface area contributed by atoms with Crippen molar-refractivity contribution in [3.05, 3.63) is 24.2 Å². The van der Waals surface area contributed by atoms with Crippen molar-refractivity contribution in [2.75, 3.05) is 0 Å². The monoisotopic (exact) mass is 292 g/mol. The topological polar surface area (TPSA) is 82.8 Å². The van der Waals surface area contributed by atoms with Gasteiger partial charge in [-0.3, -0.25) is 0 Å². The van der Waals surface area contributed by atoms with Crippen LogP contribution < -0.4 is 5.32 Å². The Morgan fingerprint density at radius 3 is 2.90 bits per heavy atom. The van der Waals surface area contributed by atoms with E-state index in [9.17, 15) is 14.7 Å². The van der Waals surface area contributed by atoms with Crippen LogP contribution in [0.15, 0.2) is 22.8 Å². The lowest BCUT2D eigenvalue weighted by Gasteiger charge is -2.32. The van der Waals surface area contributed by atoms with E-state index in [1.165, 1.54) is 0 Å². The molecule has 2 fully saturated rings. The summed E-state index contributed by atoms with van der Waals surface area (Å²) in [6.45, 7) is 0.284. The molecule has 1 aliphatic carbocycles. The number of carboxylic acid groups (broad SMARTS) is 1. The van der Waals surface area contributed by atoms with Gasteiger partial charge in [-0.25, -0.2) is 9.59 Å². The van der Waals surface area contributed by atoms with Crippen LogP contribution in [0.1, 0.15) is 37.9 Å². The van der Waals surface area contributed by atoms with Crippen LogP contribution >= 0.6 is 0 Å². The van der Waals surface area contributed by atoms with Crippen molar-refractivity contribution in [1.82, 2.24) is 10.2 Å². The minimum Gasteiger partial charge on any atom is -0.480 e. The van der Waals surface area contributed by atoms with Gasteiger partial charge in [-0.15, -0.1) is 0 Å². The van der Waals surface area contributed by atoms with Gasteiger partial charge in [0.15, 0.2) is 0 Å². The number of nitrogens with one attached hydrogen (secondary N) is 1. The molecule has 0 bridgehead atoms. The highest BCUT2D eigenvalue weighted by atomic mass is 16.4. The van der Waals surface area contributed by atoms with Crippen LogP contribution in [0.4, 0.5) is 4.79 Å². The Morgan fingerprint density at radius 1 is 1.38 bits per heavy atom. The van der Waals surface area contributed by atoms with Crippen molar-refractivity contribution in [1.29, 1.82) is 0 Å². The molecule has 3 rings (SSSR count). The maximum absolute atomic E-state index is 12.4. The van der Waals surface area contributed by atoms with E-state index in [1.807, 2.05) is 0 Å². The van der Waals surface area contributed by atoms with Crippen molar-refractivity contribution >= 4 is 12.0 Å². The van der Waals surface area contributed by atoms with E-state index in [-0.39, 0.29) is 18.6 Å². The molecule has 1 aliphatic heterocycles. The smallest absolute Gasteiger partial charge is 0.326 e. The van der Waals surface area contributed by atoms with Gasteiger partial charge < -0.3 is 19.7 Å². The molecule has 2 amide bonds. The zero-order chi connectivity index (χ0) is 14.8.